The second-order valence-electron chi connectivity index (χ2n) is 13.4. The van der Waals surface area contributed by atoms with Gasteiger partial charge in [-0.3, -0.25) is 0 Å². The molecule has 48 heavy (non-hydrogen) atoms. The number of hydrogen-bond acceptors (Lipinski definition) is 1. The molecule has 4 aromatic rings. The van der Waals surface area contributed by atoms with Gasteiger partial charge < -0.3 is 5.73 Å². The van der Waals surface area contributed by atoms with Crippen LogP contribution < -0.4 is 5.73 Å². The molecule has 0 fully saturated rings. The molecule has 0 amide bonds. The maximum Gasteiger partial charge on any atom is 0.0355 e. The minimum absolute atomic E-state index is 0.719. The Morgan fingerprint density at radius 2 is 1.23 bits per heavy atom. The molecule has 0 saturated heterocycles. The van der Waals surface area contributed by atoms with Gasteiger partial charge in [0.25, 0.3) is 0 Å². The molecule has 0 bridgehead atoms. The van der Waals surface area contributed by atoms with Gasteiger partial charge in [-0.2, -0.15) is 0 Å². The second kappa shape index (κ2) is 18.6. The number of nitrogens with two attached hydrogens (primary N) is 1. The van der Waals surface area contributed by atoms with E-state index in [0.717, 1.165) is 64.8 Å². The number of rotatable bonds is 20. The van der Waals surface area contributed by atoms with Gasteiger partial charge >= 0.3 is 0 Å². The van der Waals surface area contributed by atoms with Crippen LogP contribution in [0.15, 0.2) is 135 Å². The fourth-order valence-corrected chi connectivity index (χ4v) is 6.21. The lowest BCUT2D eigenvalue weighted by atomic mass is 9.94. The number of allylic oxidation sites excluding steroid dienone is 6. The van der Waals surface area contributed by atoms with E-state index < -0.39 is 0 Å². The molecule has 1 nitrogen and oxygen atoms in total. The number of fused-ring (bicyclic) bond motifs is 1. The van der Waals surface area contributed by atoms with Crippen molar-refractivity contribution in [2.24, 2.45) is 0 Å². The van der Waals surface area contributed by atoms with Crippen LogP contribution >= 0.6 is 0 Å². The SMILES string of the molecule is C=C/C=C/c1ccc(CC(=C)c2ccc(CC(=C)c3ccc4cc(CCCCCCCCCCC(=C)C(=C)C)ccc4c3)cc2)c(N)c1. The fourth-order valence-electron chi connectivity index (χ4n) is 6.21. The quantitative estimate of drug-likeness (QED) is 0.0585. The summed E-state index contributed by atoms with van der Waals surface area (Å²) >= 11 is 0. The first-order chi connectivity index (χ1) is 23.2. The third-order valence-electron chi connectivity index (χ3n) is 9.39. The Bertz CT molecular complexity index is 1760. The lowest BCUT2D eigenvalue weighted by Gasteiger charge is -2.12. The molecule has 4 rings (SSSR count). The van der Waals surface area contributed by atoms with Crippen LogP contribution in [0.4, 0.5) is 5.69 Å². The molecule has 0 unspecified atom stereocenters. The summed E-state index contributed by atoms with van der Waals surface area (Å²) in [4.78, 5) is 0. The van der Waals surface area contributed by atoms with E-state index in [9.17, 15) is 0 Å². The number of anilines is 1. The zero-order valence-electron chi connectivity index (χ0n) is 29.3. The lowest BCUT2D eigenvalue weighted by molar-refractivity contribution is 0.567. The first-order valence-corrected chi connectivity index (χ1v) is 17.7. The van der Waals surface area contributed by atoms with Crippen LogP contribution in [0, 0.1) is 0 Å². The fraction of sp³-hybridized carbons (Fsp3) is 0.277. The zero-order valence-corrected chi connectivity index (χ0v) is 29.3. The smallest absolute Gasteiger partial charge is 0.0355 e. The Hall–Kier alpha value is -4.62. The predicted molar refractivity (Wildman–Crippen MR) is 215 cm³/mol. The first kappa shape index (κ1) is 36.2. The average molecular weight is 634 g/mol. The molecule has 1 heteroatoms. The minimum Gasteiger partial charge on any atom is -0.398 e. The Labute approximate surface area is 291 Å². The van der Waals surface area contributed by atoms with E-state index >= 15 is 0 Å². The minimum atomic E-state index is 0.719. The highest BCUT2D eigenvalue weighted by molar-refractivity contribution is 5.87. The average Bonchev–Trinajstić information content (AvgIpc) is 3.09. The summed E-state index contributed by atoms with van der Waals surface area (Å²) in [6.45, 7) is 22.7. The zero-order chi connectivity index (χ0) is 34.3. The van der Waals surface area contributed by atoms with E-state index in [1.165, 1.54) is 84.4 Å². The third-order valence-corrected chi connectivity index (χ3v) is 9.39. The van der Waals surface area contributed by atoms with Gasteiger partial charge in [0.1, 0.15) is 0 Å². The van der Waals surface area contributed by atoms with Crippen LogP contribution in [0.3, 0.4) is 0 Å². The maximum absolute atomic E-state index is 6.34. The predicted octanol–water partition coefficient (Wildman–Crippen LogP) is 13.3. The molecule has 0 atom stereocenters. The van der Waals surface area contributed by atoms with Crippen LogP contribution in [-0.2, 0) is 19.3 Å². The summed E-state index contributed by atoms with van der Waals surface area (Å²) in [5, 5.41) is 2.59. The van der Waals surface area contributed by atoms with Crippen molar-refractivity contribution in [3.05, 3.63) is 168 Å². The Morgan fingerprint density at radius 1 is 0.625 bits per heavy atom. The summed E-state index contributed by atoms with van der Waals surface area (Å²) in [7, 11) is 0. The van der Waals surface area contributed by atoms with Crippen molar-refractivity contribution in [3.63, 3.8) is 0 Å². The maximum atomic E-state index is 6.34. The van der Waals surface area contributed by atoms with Crippen molar-refractivity contribution in [2.75, 3.05) is 5.73 Å². The van der Waals surface area contributed by atoms with E-state index in [-0.39, 0.29) is 0 Å². The number of aryl methyl sites for hydroxylation is 1. The summed E-state index contributed by atoms with van der Waals surface area (Å²) < 4.78 is 0. The van der Waals surface area contributed by atoms with E-state index in [2.05, 4.69) is 113 Å². The highest BCUT2D eigenvalue weighted by atomic mass is 14.6. The van der Waals surface area contributed by atoms with E-state index in [1.54, 1.807) is 6.08 Å². The number of nitrogen functional groups attached to an aromatic ring is 1. The number of unbranched alkanes of at least 4 members (excludes halogenated alkanes) is 7. The van der Waals surface area contributed by atoms with Gasteiger partial charge in [0.2, 0.25) is 0 Å². The molecular formula is C47H55N. The Morgan fingerprint density at radius 3 is 1.92 bits per heavy atom. The molecule has 4 aromatic carbocycles. The van der Waals surface area contributed by atoms with Gasteiger partial charge in [-0.1, -0.05) is 168 Å². The molecule has 0 radical (unpaired) electrons. The van der Waals surface area contributed by atoms with Crippen molar-refractivity contribution >= 4 is 33.7 Å². The normalized spacial score (nSPS) is 11.2. The van der Waals surface area contributed by atoms with Crippen molar-refractivity contribution in [2.45, 2.75) is 84.0 Å². The van der Waals surface area contributed by atoms with Crippen molar-refractivity contribution < 1.29 is 0 Å². The van der Waals surface area contributed by atoms with Crippen LogP contribution in [0.5, 0.6) is 0 Å². The van der Waals surface area contributed by atoms with Crippen molar-refractivity contribution in [3.8, 4) is 0 Å². The van der Waals surface area contributed by atoms with E-state index in [0.29, 0.717) is 0 Å². The first-order valence-electron chi connectivity index (χ1n) is 17.7. The van der Waals surface area contributed by atoms with Gasteiger partial charge in [-0.25, -0.2) is 0 Å². The summed E-state index contributed by atoms with van der Waals surface area (Å²) in [5.41, 5.74) is 18.8. The van der Waals surface area contributed by atoms with E-state index in [4.69, 9.17) is 5.73 Å². The topological polar surface area (TPSA) is 26.0 Å². The molecule has 0 aliphatic carbocycles. The third kappa shape index (κ3) is 11.3. The molecule has 248 valence electrons. The molecule has 0 aromatic heterocycles. The number of hydrogen-bond donors (Lipinski definition) is 1. The molecule has 0 aliphatic heterocycles. The number of benzene rings is 4. The largest absolute Gasteiger partial charge is 0.398 e. The van der Waals surface area contributed by atoms with Gasteiger partial charge in [0.15, 0.2) is 0 Å². The molecule has 0 aliphatic rings. The van der Waals surface area contributed by atoms with E-state index in [1.807, 2.05) is 18.2 Å². The molecule has 0 saturated carbocycles. The van der Waals surface area contributed by atoms with Gasteiger partial charge in [-0.05, 0) is 113 Å². The summed E-state index contributed by atoms with van der Waals surface area (Å²) in [5.74, 6) is 0. The molecule has 0 heterocycles. The molecule has 0 spiro atoms. The Kier molecular flexibility index (Phi) is 14.1. The van der Waals surface area contributed by atoms with Gasteiger partial charge in [-0.15, -0.1) is 0 Å². The van der Waals surface area contributed by atoms with Crippen LogP contribution in [0.1, 0.15) is 98.1 Å². The van der Waals surface area contributed by atoms with Gasteiger partial charge in [0.05, 0.1) is 0 Å². The van der Waals surface area contributed by atoms with Crippen LogP contribution in [-0.4, -0.2) is 0 Å². The monoisotopic (exact) mass is 633 g/mol. The second-order valence-corrected chi connectivity index (χ2v) is 13.4. The van der Waals surface area contributed by atoms with Gasteiger partial charge in [0, 0.05) is 5.69 Å². The Balaban J connectivity index is 1.20. The van der Waals surface area contributed by atoms with Crippen LogP contribution in [0.25, 0.3) is 28.0 Å². The molecular weight excluding hydrogens is 579 g/mol. The highest BCUT2D eigenvalue weighted by Crippen LogP contribution is 2.27. The summed E-state index contributed by atoms with van der Waals surface area (Å²) in [6, 6.07) is 28.6. The van der Waals surface area contributed by atoms with Crippen LogP contribution in [0.2, 0.25) is 0 Å². The van der Waals surface area contributed by atoms with Crippen molar-refractivity contribution in [1.29, 1.82) is 0 Å². The molecule has 2 N–H and O–H groups in total. The standard InChI is InChI=1S/C47H55N/c1-7-8-18-40-23-27-46(47(48)33-40)31-38(6)42-24-20-41(21-25-42)30-37(5)43-28-29-44-32-39(22-26-45(44)34-43)19-16-14-12-10-9-11-13-15-17-36(4)35(2)3/h7-8,18,20-29,32-34H,1-2,4-6,9-17,19,30-31,48H2,3H3/b18-8+. The summed E-state index contributed by atoms with van der Waals surface area (Å²) in [6.07, 6.45) is 20.0. The lowest BCUT2D eigenvalue weighted by Crippen LogP contribution is -1.97. The highest BCUT2D eigenvalue weighted by Gasteiger charge is 2.08. The van der Waals surface area contributed by atoms with Crippen molar-refractivity contribution in [1.82, 2.24) is 0 Å².